The van der Waals surface area contributed by atoms with E-state index < -0.39 is 5.82 Å². The van der Waals surface area contributed by atoms with Crippen molar-refractivity contribution < 1.29 is 9.18 Å². The van der Waals surface area contributed by atoms with Crippen LogP contribution >= 0.6 is 11.3 Å². The minimum atomic E-state index is -0.400. The zero-order valence-corrected chi connectivity index (χ0v) is 15.8. The molecule has 1 atom stereocenters. The summed E-state index contributed by atoms with van der Waals surface area (Å²) in [6, 6.07) is 3.05. The van der Waals surface area contributed by atoms with E-state index in [4.69, 9.17) is 0 Å². The summed E-state index contributed by atoms with van der Waals surface area (Å²) >= 11 is 1.46. The van der Waals surface area contributed by atoms with Gasteiger partial charge in [-0.1, -0.05) is 0 Å². The maximum absolute atomic E-state index is 13.4. The van der Waals surface area contributed by atoms with E-state index in [0.717, 1.165) is 35.4 Å². The number of amides is 1. The fourth-order valence-corrected chi connectivity index (χ4v) is 3.81. The summed E-state index contributed by atoms with van der Waals surface area (Å²) in [6.45, 7) is 3.37. The van der Waals surface area contributed by atoms with Gasteiger partial charge in [-0.3, -0.25) is 9.78 Å². The number of hydrogen-bond donors (Lipinski definition) is 2. The molecular formula is C18H19FN6OS. The first-order valence-corrected chi connectivity index (χ1v) is 9.52. The number of likely N-dealkylation sites (tertiary alicyclic amines) is 1. The Bertz CT molecular complexity index is 1000. The predicted molar refractivity (Wildman–Crippen MR) is 104 cm³/mol. The lowest BCUT2D eigenvalue weighted by atomic mass is 10.1. The van der Waals surface area contributed by atoms with Crippen molar-refractivity contribution >= 4 is 38.4 Å². The highest BCUT2D eigenvalue weighted by Crippen LogP contribution is 2.32. The van der Waals surface area contributed by atoms with Gasteiger partial charge in [0.1, 0.15) is 5.82 Å². The number of carbonyl (C=O) groups excluding carboxylic acids is 1. The zero-order chi connectivity index (χ0) is 19.0. The second kappa shape index (κ2) is 7.07. The molecule has 7 nitrogen and oxygen atoms in total. The van der Waals surface area contributed by atoms with Gasteiger partial charge in [0.25, 0.3) is 5.91 Å². The zero-order valence-electron chi connectivity index (χ0n) is 15.0. The number of rotatable bonds is 5. The van der Waals surface area contributed by atoms with Gasteiger partial charge in [0.15, 0.2) is 5.69 Å². The molecule has 2 N–H and O–H groups in total. The number of fused-ring (bicyclic) bond motifs is 1. The van der Waals surface area contributed by atoms with E-state index in [2.05, 4.69) is 25.6 Å². The van der Waals surface area contributed by atoms with Crippen LogP contribution in [0.5, 0.6) is 0 Å². The SMILES string of the molecule is CNc1cc2nc(N[C@@H](C)c3cncc(F)c3)nc(C(=O)N3CCC3)c2s1. The van der Waals surface area contributed by atoms with E-state index >= 15 is 0 Å². The molecular weight excluding hydrogens is 367 g/mol. The molecule has 1 fully saturated rings. The molecule has 0 saturated carbocycles. The van der Waals surface area contributed by atoms with Crippen molar-refractivity contribution in [3.8, 4) is 0 Å². The second-order valence-corrected chi connectivity index (χ2v) is 7.47. The molecule has 140 valence electrons. The molecule has 0 aromatic carbocycles. The quantitative estimate of drug-likeness (QED) is 0.700. The summed E-state index contributed by atoms with van der Waals surface area (Å²) < 4.78 is 14.2. The topological polar surface area (TPSA) is 83.0 Å². The van der Waals surface area contributed by atoms with Crippen molar-refractivity contribution in [2.45, 2.75) is 19.4 Å². The number of nitrogens with zero attached hydrogens (tertiary/aromatic N) is 4. The molecule has 0 bridgehead atoms. The van der Waals surface area contributed by atoms with Gasteiger partial charge in [-0.2, -0.15) is 0 Å². The Kier molecular flexibility index (Phi) is 4.61. The fourth-order valence-electron chi connectivity index (χ4n) is 2.87. The fraction of sp³-hybridized carbons (Fsp3) is 0.333. The average molecular weight is 386 g/mol. The molecule has 1 aliphatic rings. The molecule has 0 aliphatic carbocycles. The summed E-state index contributed by atoms with van der Waals surface area (Å²) in [5.41, 5.74) is 1.78. The first-order chi connectivity index (χ1) is 13.0. The minimum Gasteiger partial charge on any atom is -0.380 e. The van der Waals surface area contributed by atoms with Crippen LogP contribution in [0.4, 0.5) is 15.3 Å². The highest BCUT2D eigenvalue weighted by atomic mass is 32.1. The summed E-state index contributed by atoms with van der Waals surface area (Å²) in [6.07, 6.45) is 3.77. The summed E-state index contributed by atoms with van der Waals surface area (Å²) in [7, 11) is 1.83. The summed E-state index contributed by atoms with van der Waals surface area (Å²) in [5.74, 6) is -0.146. The molecule has 0 radical (unpaired) electrons. The van der Waals surface area contributed by atoms with Crippen LogP contribution < -0.4 is 10.6 Å². The van der Waals surface area contributed by atoms with Crippen LogP contribution in [0.1, 0.15) is 35.4 Å². The van der Waals surface area contributed by atoms with Crippen molar-refractivity contribution in [2.24, 2.45) is 0 Å². The Balaban J connectivity index is 1.70. The van der Waals surface area contributed by atoms with E-state index in [1.165, 1.54) is 17.4 Å². The number of hydrogen-bond acceptors (Lipinski definition) is 7. The van der Waals surface area contributed by atoms with Gasteiger partial charge in [-0.15, -0.1) is 11.3 Å². The molecule has 27 heavy (non-hydrogen) atoms. The summed E-state index contributed by atoms with van der Waals surface area (Å²) in [5, 5.41) is 7.16. The van der Waals surface area contributed by atoms with E-state index in [1.807, 2.05) is 20.0 Å². The van der Waals surface area contributed by atoms with Gasteiger partial charge in [0.2, 0.25) is 5.95 Å². The van der Waals surface area contributed by atoms with Crippen molar-refractivity contribution in [1.29, 1.82) is 0 Å². The van der Waals surface area contributed by atoms with E-state index in [1.54, 1.807) is 11.1 Å². The van der Waals surface area contributed by atoms with Crippen LogP contribution in [-0.4, -0.2) is 45.9 Å². The monoisotopic (exact) mass is 386 g/mol. The van der Waals surface area contributed by atoms with Gasteiger partial charge in [0.05, 0.1) is 27.5 Å². The third-order valence-electron chi connectivity index (χ3n) is 4.54. The van der Waals surface area contributed by atoms with Gasteiger partial charge >= 0.3 is 0 Å². The van der Waals surface area contributed by atoms with Crippen LogP contribution in [0.3, 0.4) is 0 Å². The van der Waals surface area contributed by atoms with Crippen molar-refractivity contribution in [1.82, 2.24) is 19.9 Å². The normalized spacial score (nSPS) is 14.7. The highest BCUT2D eigenvalue weighted by molar-refractivity contribution is 7.23. The van der Waals surface area contributed by atoms with Crippen LogP contribution in [0.25, 0.3) is 10.2 Å². The summed E-state index contributed by atoms with van der Waals surface area (Å²) in [4.78, 5) is 27.5. The number of thiophene rings is 1. The van der Waals surface area contributed by atoms with Crippen LogP contribution in [0.15, 0.2) is 24.5 Å². The molecule has 9 heteroatoms. The maximum atomic E-state index is 13.4. The lowest BCUT2D eigenvalue weighted by Gasteiger charge is -2.30. The standard InChI is InChI=1S/C18H19FN6OS/c1-10(11-6-12(19)9-21-8-11)22-18-23-13-7-14(20-2)27-16(13)15(24-18)17(26)25-4-3-5-25/h6-10,20H,3-5H2,1-2H3,(H,22,23,24)/t10-/m0/s1. The Labute approximate surface area is 159 Å². The minimum absolute atomic E-state index is 0.0821. The van der Waals surface area contributed by atoms with E-state index in [-0.39, 0.29) is 11.9 Å². The number of halogens is 1. The van der Waals surface area contributed by atoms with Gasteiger partial charge in [-0.05, 0) is 31.0 Å². The Morgan fingerprint density at radius 1 is 1.30 bits per heavy atom. The van der Waals surface area contributed by atoms with Gasteiger partial charge in [0, 0.05) is 26.3 Å². The number of carbonyl (C=O) groups is 1. The Morgan fingerprint density at radius 3 is 2.78 bits per heavy atom. The predicted octanol–water partition coefficient (Wildman–Crippen LogP) is 3.29. The second-order valence-electron chi connectivity index (χ2n) is 6.42. The van der Waals surface area contributed by atoms with Crippen LogP contribution in [0.2, 0.25) is 0 Å². The third-order valence-corrected chi connectivity index (χ3v) is 5.68. The number of aromatic nitrogens is 3. The molecule has 0 spiro atoms. The molecule has 1 saturated heterocycles. The van der Waals surface area contributed by atoms with Gasteiger partial charge < -0.3 is 15.5 Å². The molecule has 1 amide bonds. The Hall–Kier alpha value is -2.81. The highest BCUT2D eigenvalue weighted by Gasteiger charge is 2.26. The lowest BCUT2D eigenvalue weighted by Crippen LogP contribution is -2.42. The first kappa shape index (κ1) is 17.6. The van der Waals surface area contributed by atoms with Crippen molar-refractivity contribution in [3.63, 3.8) is 0 Å². The molecule has 3 aromatic heterocycles. The lowest BCUT2D eigenvalue weighted by molar-refractivity contribution is 0.0648. The van der Waals surface area contributed by atoms with Crippen LogP contribution in [0, 0.1) is 5.82 Å². The largest absolute Gasteiger partial charge is 0.380 e. The van der Waals surface area contributed by atoms with E-state index in [9.17, 15) is 9.18 Å². The number of pyridine rings is 1. The third kappa shape index (κ3) is 3.42. The molecule has 1 aliphatic heterocycles. The Morgan fingerprint density at radius 2 is 2.11 bits per heavy atom. The number of anilines is 2. The van der Waals surface area contributed by atoms with Crippen LogP contribution in [-0.2, 0) is 0 Å². The van der Waals surface area contributed by atoms with Crippen molar-refractivity contribution in [2.75, 3.05) is 30.8 Å². The molecule has 3 aromatic rings. The molecule has 4 rings (SSSR count). The average Bonchev–Trinajstić information content (AvgIpc) is 3.02. The smallest absolute Gasteiger partial charge is 0.274 e. The molecule has 0 unspecified atom stereocenters. The van der Waals surface area contributed by atoms with Gasteiger partial charge in [-0.25, -0.2) is 14.4 Å². The maximum Gasteiger partial charge on any atom is 0.274 e. The van der Waals surface area contributed by atoms with Crippen molar-refractivity contribution in [3.05, 3.63) is 41.6 Å². The first-order valence-electron chi connectivity index (χ1n) is 8.70. The number of nitrogens with one attached hydrogen (secondary N) is 2. The molecule has 4 heterocycles. The van der Waals surface area contributed by atoms with E-state index in [0.29, 0.717) is 22.7 Å².